The molecule has 0 saturated heterocycles. The molecule has 90 heavy (non-hydrogen) atoms. The van der Waals surface area contributed by atoms with Gasteiger partial charge < -0.3 is 33.8 Å². The van der Waals surface area contributed by atoms with Gasteiger partial charge in [0.2, 0.25) is 0 Å². The predicted octanol–water partition coefficient (Wildman–Crippen LogP) is 20.1. The van der Waals surface area contributed by atoms with Gasteiger partial charge in [0.25, 0.3) is 0 Å². The highest BCUT2D eigenvalue weighted by molar-refractivity contribution is 7.47. The molecule has 0 heterocycles. The average Bonchev–Trinajstić information content (AvgIpc) is 2.94. The molecule has 0 amide bonds. The SMILES string of the molecule is CCC(C)CCCCCCCCCCCCC(=O)O[C@H](COC(=O)CCCCCCCCC(C)C)COP(=O)(O)OC[C@H](O)COP(=O)(O)OC[C@@H](COC(=O)CCCCCCCCCCCCCCC(C)C)OC(=O)CCCCCCCCCCCC(C)C. The Labute approximate surface area is 549 Å². The molecule has 0 rings (SSSR count). The smallest absolute Gasteiger partial charge is 0.462 e. The van der Waals surface area contributed by atoms with E-state index in [4.69, 9.17) is 37.0 Å². The van der Waals surface area contributed by atoms with Gasteiger partial charge in [-0.25, -0.2) is 9.13 Å². The highest BCUT2D eigenvalue weighted by Gasteiger charge is 2.30. The van der Waals surface area contributed by atoms with E-state index in [1.54, 1.807) is 0 Å². The van der Waals surface area contributed by atoms with Crippen molar-refractivity contribution in [2.45, 2.75) is 369 Å². The van der Waals surface area contributed by atoms with Crippen LogP contribution in [-0.4, -0.2) is 96.7 Å². The number of esters is 4. The van der Waals surface area contributed by atoms with Gasteiger partial charge in [0.05, 0.1) is 26.4 Å². The van der Waals surface area contributed by atoms with Crippen LogP contribution in [0.1, 0.15) is 351 Å². The summed E-state index contributed by atoms with van der Waals surface area (Å²) in [5.41, 5.74) is 0. The van der Waals surface area contributed by atoms with E-state index in [9.17, 15) is 43.2 Å². The molecule has 0 radical (unpaired) electrons. The molecule has 3 N–H and O–H groups in total. The molecular weight excluding hydrogens is 1190 g/mol. The molecule has 0 aliphatic heterocycles. The minimum atomic E-state index is -4.95. The molecule has 0 spiro atoms. The normalized spacial score (nSPS) is 14.6. The topological polar surface area (TPSA) is 237 Å². The zero-order valence-electron chi connectivity index (χ0n) is 58.8. The van der Waals surface area contributed by atoms with E-state index in [-0.39, 0.29) is 25.7 Å². The standard InChI is InChI=1S/C71H138O17P2/c1-9-64(8)50-42-34-25-19-14-15-21-27-37-45-53-70(75)88-67(58-82-69(74)52-44-36-30-29-33-41-49-63(6)7)60-86-90(79,80)84-56-65(72)55-83-89(77,78)85-59-66(87-71(76)54-46-38-28-22-16-18-24-32-40-48-62(4)5)57-81-68(73)51-43-35-26-20-13-11-10-12-17-23-31-39-47-61(2)3/h61-67,72H,9-60H2,1-8H3,(H,77,78)(H,79,80)/t64?,65-,66-,67-/m1/s1. The van der Waals surface area contributed by atoms with Crippen LogP contribution in [0.15, 0.2) is 0 Å². The number of aliphatic hydroxyl groups excluding tert-OH is 1. The molecule has 0 aromatic carbocycles. The van der Waals surface area contributed by atoms with E-state index >= 15 is 0 Å². The van der Waals surface area contributed by atoms with Crippen LogP contribution in [0.2, 0.25) is 0 Å². The first-order valence-electron chi connectivity index (χ1n) is 36.7. The van der Waals surface area contributed by atoms with Gasteiger partial charge in [-0.3, -0.25) is 37.3 Å². The molecule has 0 aliphatic rings. The van der Waals surface area contributed by atoms with Crippen molar-refractivity contribution < 1.29 is 80.2 Å². The fraction of sp³-hybridized carbons (Fsp3) is 0.944. The summed E-state index contributed by atoms with van der Waals surface area (Å²) < 4.78 is 68.3. The molecule has 17 nitrogen and oxygen atoms in total. The number of carbonyl (C=O) groups excluding carboxylic acids is 4. The van der Waals surface area contributed by atoms with Gasteiger partial charge in [0, 0.05) is 25.7 Å². The molecule has 0 bridgehead atoms. The van der Waals surface area contributed by atoms with Crippen LogP contribution in [0.3, 0.4) is 0 Å². The molecule has 0 saturated carbocycles. The number of rotatable bonds is 68. The quantitative estimate of drug-likeness (QED) is 0.0222. The van der Waals surface area contributed by atoms with Gasteiger partial charge in [0.15, 0.2) is 12.2 Å². The van der Waals surface area contributed by atoms with E-state index in [0.29, 0.717) is 31.6 Å². The second-order valence-corrected chi connectivity index (χ2v) is 30.2. The van der Waals surface area contributed by atoms with Crippen molar-refractivity contribution in [3.05, 3.63) is 0 Å². The number of phosphoric ester groups is 2. The second kappa shape index (κ2) is 60.7. The minimum Gasteiger partial charge on any atom is -0.462 e. The largest absolute Gasteiger partial charge is 0.472 e. The lowest BCUT2D eigenvalue weighted by Crippen LogP contribution is -2.30. The highest BCUT2D eigenvalue weighted by atomic mass is 31.2. The summed E-state index contributed by atoms with van der Waals surface area (Å²) in [5, 5.41) is 10.6. The Morgan fingerprint density at radius 3 is 0.789 bits per heavy atom. The van der Waals surface area contributed by atoms with Crippen molar-refractivity contribution in [2.24, 2.45) is 23.7 Å². The first-order valence-corrected chi connectivity index (χ1v) is 39.7. The second-order valence-electron chi connectivity index (χ2n) is 27.3. The first kappa shape index (κ1) is 88.1. The van der Waals surface area contributed by atoms with Gasteiger partial charge in [-0.1, -0.05) is 299 Å². The van der Waals surface area contributed by atoms with Crippen molar-refractivity contribution in [1.29, 1.82) is 0 Å². The maximum Gasteiger partial charge on any atom is 0.472 e. The van der Waals surface area contributed by atoms with Crippen LogP contribution in [-0.2, 0) is 65.4 Å². The van der Waals surface area contributed by atoms with Crippen molar-refractivity contribution in [2.75, 3.05) is 39.6 Å². The van der Waals surface area contributed by atoms with Crippen molar-refractivity contribution in [3.8, 4) is 0 Å². The predicted molar refractivity (Wildman–Crippen MR) is 363 cm³/mol. The third-order valence-electron chi connectivity index (χ3n) is 16.7. The summed E-state index contributed by atoms with van der Waals surface area (Å²) in [7, 11) is -9.90. The number of hydrogen-bond acceptors (Lipinski definition) is 15. The van der Waals surface area contributed by atoms with Crippen molar-refractivity contribution in [3.63, 3.8) is 0 Å². The van der Waals surface area contributed by atoms with E-state index in [1.165, 1.54) is 148 Å². The van der Waals surface area contributed by atoms with Gasteiger partial charge >= 0.3 is 39.5 Å². The molecule has 0 aromatic rings. The molecular formula is C71H138O17P2. The van der Waals surface area contributed by atoms with Crippen LogP contribution in [0, 0.1) is 23.7 Å². The Hall–Kier alpha value is -1.94. The molecule has 534 valence electrons. The summed E-state index contributed by atoms with van der Waals surface area (Å²) >= 11 is 0. The zero-order valence-corrected chi connectivity index (χ0v) is 60.6. The van der Waals surface area contributed by atoms with E-state index < -0.39 is 97.5 Å². The molecule has 3 unspecified atom stereocenters. The molecule has 6 atom stereocenters. The number of aliphatic hydroxyl groups is 1. The van der Waals surface area contributed by atoms with Crippen LogP contribution in [0.25, 0.3) is 0 Å². The van der Waals surface area contributed by atoms with Gasteiger partial charge in [-0.05, 0) is 49.4 Å². The third-order valence-corrected chi connectivity index (χ3v) is 18.6. The van der Waals surface area contributed by atoms with Crippen LogP contribution < -0.4 is 0 Å². The van der Waals surface area contributed by atoms with Gasteiger partial charge in [-0.2, -0.15) is 0 Å². The third kappa shape index (κ3) is 63.5. The summed E-state index contributed by atoms with van der Waals surface area (Å²) in [6, 6.07) is 0. The lowest BCUT2D eigenvalue weighted by atomic mass is 9.99. The maximum atomic E-state index is 13.0. The molecule has 19 heteroatoms. The van der Waals surface area contributed by atoms with Crippen molar-refractivity contribution >= 4 is 39.5 Å². The number of unbranched alkanes of at least 4 members (excludes halogenated alkanes) is 33. The fourth-order valence-corrected chi connectivity index (χ4v) is 12.2. The number of carbonyl (C=O) groups is 4. The van der Waals surface area contributed by atoms with Crippen LogP contribution in [0.4, 0.5) is 0 Å². The van der Waals surface area contributed by atoms with E-state index in [2.05, 4.69) is 55.4 Å². The highest BCUT2D eigenvalue weighted by Crippen LogP contribution is 2.45. The van der Waals surface area contributed by atoms with E-state index in [0.717, 1.165) is 114 Å². The summed E-state index contributed by atoms with van der Waals surface area (Å²) in [6.45, 7) is 14.1. The monoisotopic (exact) mass is 1320 g/mol. The number of phosphoric acid groups is 2. The Morgan fingerprint density at radius 2 is 0.533 bits per heavy atom. The average molecular weight is 1330 g/mol. The fourth-order valence-electron chi connectivity index (χ4n) is 10.6. The Kier molecular flexibility index (Phi) is 59.4. The Balaban J connectivity index is 5.24. The zero-order chi connectivity index (χ0) is 66.8. The lowest BCUT2D eigenvalue weighted by molar-refractivity contribution is -0.161. The van der Waals surface area contributed by atoms with Crippen LogP contribution >= 0.6 is 15.6 Å². The molecule has 0 aliphatic carbocycles. The van der Waals surface area contributed by atoms with E-state index in [1.807, 2.05) is 0 Å². The lowest BCUT2D eigenvalue weighted by Gasteiger charge is -2.21. The van der Waals surface area contributed by atoms with Crippen LogP contribution in [0.5, 0.6) is 0 Å². The summed E-state index contributed by atoms with van der Waals surface area (Å²) in [6.07, 6.45) is 43.1. The Morgan fingerprint density at radius 1 is 0.311 bits per heavy atom. The molecule has 0 aromatic heterocycles. The summed E-state index contributed by atoms with van der Waals surface area (Å²) in [5.74, 6) is 0.871. The maximum absolute atomic E-state index is 13.0. The van der Waals surface area contributed by atoms with Gasteiger partial charge in [-0.15, -0.1) is 0 Å². The number of ether oxygens (including phenoxy) is 4. The number of hydrogen-bond donors (Lipinski definition) is 3. The minimum absolute atomic E-state index is 0.105. The first-order chi connectivity index (χ1) is 43.1. The summed E-state index contributed by atoms with van der Waals surface area (Å²) in [4.78, 5) is 72.6. The Bertz CT molecular complexity index is 1780. The van der Waals surface area contributed by atoms with Gasteiger partial charge in [0.1, 0.15) is 19.3 Å². The van der Waals surface area contributed by atoms with Crippen molar-refractivity contribution in [1.82, 2.24) is 0 Å². The molecule has 0 fully saturated rings.